The molecule has 7 aromatic carbocycles. The third-order valence-corrected chi connectivity index (χ3v) is 9.86. The molecule has 0 radical (unpaired) electrons. The van der Waals surface area contributed by atoms with Gasteiger partial charge in [0.2, 0.25) is 0 Å². The molecular formula is C47H38O4. The Morgan fingerprint density at radius 3 is 0.980 bits per heavy atom. The fraction of sp³-hybridized carbons (Fsp3) is 0.106. The summed E-state index contributed by atoms with van der Waals surface area (Å²) in [5.41, 5.74) is 15.9. The fourth-order valence-corrected chi connectivity index (χ4v) is 7.60. The monoisotopic (exact) mass is 666 g/mol. The number of hydrogen-bond donors (Lipinski definition) is 0. The number of ether oxygens (including phenoxy) is 4. The number of fused-ring (bicyclic) bond motifs is 5. The molecule has 0 fully saturated rings. The van der Waals surface area contributed by atoms with Crippen LogP contribution in [0.25, 0.3) is 66.8 Å². The van der Waals surface area contributed by atoms with Crippen LogP contribution in [0.4, 0.5) is 0 Å². The molecule has 8 rings (SSSR count). The van der Waals surface area contributed by atoms with Gasteiger partial charge < -0.3 is 18.9 Å². The summed E-state index contributed by atoms with van der Waals surface area (Å²) < 4.78 is 23.6. The summed E-state index contributed by atoms with van der Waals surface area (Å²) in [4.78, 5) is 0. The summed E-state index contributed by atoms with van der Waals surface area (Å²) in [6.45, 7) is 0. The molecule has 4 heteroatoms. The number of hydrogen-bond acceptors (Lipinski definition) is 4. The molecular weight excluding hydrogens is 629 g/mol. The van der Waals surface area contributed by atoms with Gasteiger partial charge in [0.05, 0.1) is 28.4 Å². The van der Waals surface area contributed by atoms with E-state index >= 15 is 0 Å². The van der Waals surface area contributed by atoms with Gasteiger partial charge >= 0.3 is 0 Å². The second-order valence-corrected chi connectivity index (χ2v) is 12.7. The third kappa shape index (κ3) is 5.69. The van der Waals surface area contributed by atoms with Gasteiger partial charge in [0.1, 0.15) is 23.0 Å². The average molecular weight is 667 g/mol. The van der Waals surface area contributed by atoms with E-state index in [9.17, 15) is 0 Å². The van der Waals surface area contributed by atoms with Crippen LogP contribution in [0.2, 0.25) is 0 Å². The van der Waals surface area contributed by atoms with E-state index in [0.29, 0.717) is 0 Å². The number of rotatable bonds is 8. The molecule has 0 bridgehead atoms. The minimum atomic E-state index is 0.724. The molecule has 0 aromatic heterocycles. The van der Waals surface area contributed by atoms with Crippen LogP contribution >= 0.6 is 0 Å². The van der Waals surface area contributed by atoms with Crippen LogP contribution in [-0.4, -0.2) is 28.4 Å². The van der Waals surface area contributed by atoms with Crippen molar-refractivity contribution >= 4 is 0 Å². The molecule has 0 N–H and O–H groups in total. The van der Waals surface area contributed by atoms with Crippen molar-refractivity contribution in [2.75, 3.05) is 28.4 Å². The van der Waals surface area contributed by atoms with Crippen molar-refractivity contribution in [1.29, 1.82) is 0 Å². The number of methoxy groups -OCH3 is 4. The third-order valence-electron chi connectivity index (χ3n) is 9.86. The summed E-state index contributed by atoms with van der Waals surface area (Å²) >= 11 is 0. The molecule has 0 atom stereocenters. The lowest BCUT2D eigenvalue weighted by molar-refractivity contribution is 0.394. The molecule has 250 valence electrons. The van der Waals surface area contributed by atoms with Gasteiger partial charge in [-0.1, -0.05) is 109 Å². The molecule has 0 spiro atoms. The molecule has 1 aliphatic carbocycles. The SMILES string of the molecule is COc1cc(OC)cc(-c2c(-c3ccccc3)c(-c3ccccc3)c(-c3cc(OC)cc(OC)c3)c3c2-c2ccccc2Cc2ccccc2-3)c1. The highest BCUT2D eigenvalue weighted by atomic mass is 16.5. The van der Waals surface area contributed by atoms with E-state index in [1.54, 1.807) is 28.4 Å². The van der Waals surface area contributed by atoms with Crippen LogP contribution < -0.4 is 18.9 Å². The van der Waals surface area contributed by atoms with Gasteiger partial charge in [-0.15, -0.1) is 0 Å². The van der Waals surface area contributed by atoms with Crippen molar-refractivity contribution in [1.82, 2.24) is 0 Å². The summed E-state index contributed by atoms with van der Waals surface area (Å²) in [5, 5.41) is 0. The van der Waals surface area contributed by atoms with Crippen molar-refractivity contribution in [3.8, 4) is 89.8 Å². The highest BCUT2D eigenvalue weighted by molar-refractivity contribution is 6.16. The number of benzene rings is 7. The lowest BCUT2D eigenvalue weighted by Gasteiger charge is -2.29. The van der Waals surface area contributed by atoms with Crippen molar-refractivity contribution in [3.05, 3.63) is 157 Å². The van der Waals surface area contributed by atoms with Crippen LogP contribution in [0.1, 0.15) is 11.1 Å². The summed E-state index contributed by atoms with van der Waals surface area (Å²) in [6, 6.07) is 51.5. The highest BCUT2D eigenvalue weighted by Crippen LogP contribution is 2.58. The first kappa shape index (κ1) is 32.0. The molecule has 51 heavy (non-hydrogen) atoms. The first-order chi connectivity index (χ1) is 25.1. The van der Waals surface area contributed by atoms with E-state index in [-0.39, 0.29) is 0 Å². The van der Waals surface area contributed by atoms with E-state index in [1.807, 2.05) is 12.1 Å². The maximum atomic E-state index is 5.91. The largest absolute Gasteiger partial charge is 0.497 e. The van der Waals surface area contributed by atoms with Crippen molar-refractivity contribution in [3.63, 3.8) is 0 Å². The first-order valence-corrected chi connectivity index (χ1v) is 17.1. The Balaban J connectivity index is 1.72. The predicted octanol–water partition coefficient (Wildman–Crippen LogP) is 11.6. The zero-order valence-corrected chi connectivity index (χ0v) is 29.2. The zero-order valence-electron chi connectivity index (χ0n) is 29.2. The van der Waals surface area contributed by atoms with E-state index < -0.39 is 0 Å². The highest BCUT2D eigenvalue weighted by Gasteiger charge is 2.32. The molecule has 0 amide bonds. The van der Waals surface area contributed by atoms with E-state index in [4.69, 9.17) is 18.9 Å². The van der Waals surface area contributed by atoms with E-state index in [1.165, 1.54) is 22.3 Å². The van der Waals surface area contributed by atoms with Crippen LogP contribution in [0.3, 0.4) is 0 Å². The molecule has 0 saturated heterocycles. The predicted molar refractivity (Wildman–Crippen MR) is 208 cm³/mol. The Kier molecular flexibility index (Phi) is 8.51. The average Bonchev–Trinajstić information content (AvgIpc) is 3.34. The molecule has 7 aromatic rings. The zero-order chi connectivity index (χ0) is 34.9. The normalized spacial score (nSPS) is 11.5. The second-order valence-electron chi connectivity index (χ2n) is 12.7. The van der Waals surface area contributed by atoms with E-state index in [2.05, 4.69) is 133 Å². The van der Waals surface area contributed by atoms with Gasteiger partial charge in [-0.3, -0.25) is 0 Å². The lowest BCUT2D eigenvalue weighted by Crippen LogP contribution is -2.03. The smallest absolute Gasteiger partial charge is 0.123 e. The fourth-order valence-electron chi connectivity index (χ4n) is 7.60. The Morgan fingerprint density at radius 1 is 0.314 bits per heavy atom. The van der Waals surface area contributed by atoms with Gasteiger partial charge in [-0.25, -0.2) is 0 Å². The second kappa shape index (κ2) is 13.6. The Morgan fingerprint density at radius 2 is 0.627 bits per heavy atom. The van der Waals surface area contributed by atoms with Crippen LogP contribution in [0, 0.1) is 0 Å². The quantitative estimate of drug-likeness (QED) is 0.162. The summed E-state index contributed by atoms with van der Waals surface area (Å²) in [5.74, 6) is 2.90. The Hall–Kier alpha value is -6.26. The minimum absolute atomic E-state index is 0.724. The van der Waals surface area contributed by atoms with Gasteiger partial charge in [-0.2, -0.15) is 0 Å². The molecule has 4 nitrogen and oxygen atoms in total. The van der Waals surface area contributed by atoms with Crippen molar-refractivity contribution in [2.45, 2.75) is 6.42 Å². The topological polar surface area (TPSA) is 36.9 Å². The van der Waals surface area contributed by atoms with Gasteiger partial charge in [0.25, 0.3) is 0 Å². The summed E-state index contributed by atoms with van der Waals surface area (Å²) in [6.07, 6.45) is 0.796. The van der Waals surface area contributed by atoms with Crippen LogP contribution in [-0.2, 0) is 6.42 Å². The van der Waals surface area contributed by atoms with Crippen LogP contribution in [0.5, 0.6) is 23.0 Å². The lowest BCUT2D eigenvalue weighted by atomic mass is 9.74. The maximum absolute atomic E-state index is 5.91. The Bertz CT molecular complexity index is 2170. The Labute approximate surface area is 299 Å². The van der Waals surface area contributed by atoms with Crippen molar-refractivity contribution < 1.29 is 18.9 Å². The molecule has 0 saturated carbocycles. The van der Waals surface area contributed by atoms with Gasteiger partial charge in [0.15, 0.2) is 0 Å². The molecule has 0 aliphatic heterocycles. The standard InChI is InChI=1S/C47H38O4/c1-48-36-24-34(25-37(28-36)49-2)44-42(30-15-7-5-8-16-30)43(31-17-9-6-10-18-31)45(35-26-38(50-3)29-39(27-35)51-4)47-41-22-14-12-20-33(41)23-32-19-11-13-21-40(32)46(44)47/h5-22,24-29H,23H2,1-4H3. The maximum Gasteiger partial charge on any atom is 0.123 e. The van der Waals surface area contributed by atoms with Crippen LogP contribution in [0.15, 0.2) is 146 Å². The molecule has 0 heterocycles. The molecule has 0 unspecified atom stereocenters. The van der Waals surface area contributed by atoms with E-state index in [0.717, 1.165) is 85.1 Å². The van der Waals surface area contributed by atoms with Crippen molar-refractivity contribution in [2.24, 2.45) is 0 Å². The molecule has 1 aliphatic rings. The first-order valence-electron chi connectivity index (χ1n) is 17.1. The van der Waals surface area contributed by atoms with Gasteiger partial charge in [0, 0.05) is 12.1 Å². The summed E-state index contributed by atoms with van der Waals surface area (Å²) in [7, 11) is 6.82. The minimum Gasteiger partial charge on any atom is -0.497 e. The van der Waals surface area contributed by atoms with Gasteiger partial charge in [-0.05, 0) is 109 Å².